The molecule has 1 fully saturated rings. The van der Waals surface area contributed by atoms with Crippen molar-refractivity contribution in [3.63, 3.8) is 0 Å². The Bertz CT molecular complexity index is 879. The zero-order valence-corrected chi connectivity index (χ0v) is 16.0. The van der Waals surface area contributed by atoms with Crippen LogP contribution in [0.15, 0.2) is 60.9 Å². The molecule has 0 spiro atoms. The standard InChI is InChI=1S/C21H24N6O/c1-28-18-7-5-17(6-8-18)16-24-19-9-11-23-21(25-19)27-14-12-26(13-15-27)20-4-2-3-10-22-20/h2-11H,12-16H2,1H3,(H,23,24,25). The minimum absolute atomic E-state index is 0.702. The lowest BCUT2D eigenvalue weighted by molar-refractivity contribution is 0.414. The number of benzene rings is 1. The number of piperazine rings is 1. The molecule has 1 saturated heterocycles. The smallest absolute Gasteiger partial charge is 0.227 e. The lowest BCUT2D eigenvalue weighted by Gasteiger charge is -2.35. The van der Waals surface area contributed by atoms with Gasteiger partial charge in [-0.25, -0.2) is 9.97 Å². The van der Waals surface area contributed by atoms with Gasteiger partial charge < -0.3 is 19.9 Å². The fraction of sp³-hybridized carbons (Fsp3) is 0.286. The van der Waals surface area contributed by atoms with Crippen molar-refractivity contribution in [1.29, 1.82) is 0 Å². The number of anilines is 3. The van der Waals surface area contributed by atoms with Gasteiger partial charge in [0.1, 0.15) is 17.4 Å². The molecule has 3 heterocycles. The highest BCUT2D eigenvalue weighted by molar-refractivity contribution is 5.45. The molecule has 1 aliphatic heterocycles. The van der Waals surface area contributed by atoms with E-state index >= 15 is 0 Å². The Morgan fingerprint density at radius 3 is 2.39 bits per heavy atom. The largest absolute Gasteiger partial charge is 0.497 e. The van der Waals surface area contributed by atoms with Crippen LogP contribution in [-0.4, -0.2) is 48.2 Å². The molecule has 0 saturated carbocycles. The molecule has 0 atom stereocenters. The van der Waals surface area contributed by atoms with Gasteiger partial charge >= 0.3 is 0 Å². The van der Waals surface area contributed by atoms with Crippen LogP contribution < -0.4 is 19.9 Å². The van der Waals surface area contributed by atoms with Gasteiger partial charge in [0.15, 0.2) is 0 Å². The van der Waals surface area contributed by atoms with Gasteiger partial charge in [-0.15, -0.1) is 0 Å². The average Bonchev–Trinajstić information content (AvgIpc) is 2.79. The summed E-state index contributed by atoms with van der Waals surface area (Å²) < 4.78 is 5.20. The monoisotopic (exact) mass is 376 g/mol. The Kier molecular flexibility index (Phi) is 5.51. The molecule has 1 aromatic carbocycles. The quantitative estimate of drug-likeness (QED) is 0.709. The highest BCUT2D eigenvalue weighted by Crippen LogP contribution is 2.18. The Balaban J connectivity index is 1.34. The Morgan fingerprint density at radius 2 is 1.68 bits per heavy atom. The van der Waals surface area contributed by atoms with Crippen LogP contribution in [0.2, 0.25) is 0 Å². The molecule has 1 aliphatic rings. The lowest BCUT2D eigenvalue weighted by Crippen LogP contribution is -2.47. The molecule has 4 rings (SSSR count). The Morgan fingerprint density at radius 1 is 0.893 bits per heavy atom. The summed E-state index contributed by atoms with van der Waals surface area (Å²) in [6, 6.07) is 15.9. The summed E-state index contributed by atoms with van der Waals surface area (Å²) in [5.74, 6) is 3.48. The van der Waals surface area contributed by atoms with E-state index in [1.165, 1.54) is 5.56 Å². The molecule has 1 N–H and O–H groups in total. The number of hydrogen-bond donors (Lipinski definition) is 1. The third kappa shape index (κ3) is 4.31. The summed E-state index contributed by atoms with van der Waals surface area (Å²) >= 11 is 0. The first-order valence-corrected chi connectivity index (χ1v) is 9.42. The highest BCUT2D eigenvalue weighted by atomic mass is 16.5. The minimum atomic E-state index is 0.702. The fourth-order valence-corrected chi connectivity index (χ4v) is 3.21. The number of ether oxygens (including phenoxy) is 1. The SMILES string of the molecule is COc1ccc(CNc2ccnc(N3CCN(c4ccccn4)CC3)n2)cc1. The Hall–Kier alpha value is -3.35. The number of nitrogens with one attached hydrogen (secondary N) is 1. The second kappa shape index (κ2) is 8.56. The molecule has 144 valence electrons. The maximum Gasteiger partial charge on any atom is 0.227 e. The predicted molar refractivity (Wildman–Crippen MR) is 111 cm³/mol. The van der Waals surface area contributed by atoms with Crippen LogP contribution in [0.4, 0.5) is 17.6 Å². The van der Waals surface area contributed by atoms with Crippen LogP contribution in [0.3, 0.4) is 0 Å². The topological polar surface area (TPSA) is 66.4 Å². The maximum absolute atomic E-state index is 5.20. The summed E-state index contributed by atoms with van der Waals surface area (Å²) in [4.78, 5) is 18.1. The number of nitrogens with zero attached hydrogens (tertiary/aromatic N) is 5. The van der Waals surface area contributed by atoms with E-state index in [1.807, 2.05) is 54.9 Å². The van der Waals surface area contributed by atoms with Crippen LogP contribution in [-0.2, 0) is 6.54 Å². The van der Waals surface area contributed by atoms with Gasteiger partial charge in [0.2, 0.25) is 5.95 Å². The van der Waals surface area contributed by atoms with Crippen LogP contribution in [0.1, 0.15) is 5.56 Å². The van der Waals surface area contributed by atoms with Crippen molar-refractivity contribution in [2.24, 2.45) is 0 Å². The Labute approximate surface area is 165 Å². The van der Waals surface area contributed by atoms with Crippen LogP contribution in [0, 0.1) is 0 Å². The van der Waals surface area contributed by atoms with E-state index in [2.05, 4.69) is 36.1 Å². The lowest BCUT2D eigenvalue weighted by atomic mass is 10.2. The van der Waals surface area contributed by atoms with Gasteiger partial charge in [0, 0.05) is 45.1 Å². The number of aromatic nitrogens is 3. The first kappa shape index (κ1) is 18.0. The zero-order valence-electron chi connectivity index (χ0n) is 16.0. The number of pyridine rings is 1. The molecule has 0 radical (unpaired) electrons. The number of rotatable bonds is 6. The molecule has 28 heavy (non-hydrogen) atoms. The zero-order chi connectivity index (χ0) is 19.2. The van der Waals surface area contributed by atoms with Crippen LogP contribution in [0.5, 0.6) is 5.75 Å². The average molecular weight is 376 g/mol. The summed E-state index contributed by atoms with van der Waals surface area (Å²) in [6.45, 7) is 4.26. The summed E-state index contributed by atoms with van der Waals surface area (Å²) in [5.41, 5.74) is 1.17. The van der Waals surface area contributed by atoms with Gasteiger partial charge in [0.25, 0.3) is 0 Å². The van der Waals surface area contributed by atoms with E-state index in [0.29, 0.717) is 6.54 Å². The third-order valence-electron chi connectivity index (χ3n) is 4.81. The van der Waals surface area contributed by atoms with Gasteiger partial charge in [-0.2, -0.15) is 4.98 Å². The minimum Gasteiger partial charge on any atom is -0.497 e. The molecule has 0 unspecified atom stereocenters. The van der Waals surface area contributed by atoms with Crippen LogP contribution >= 0.6 is 0 Å². The second-order valence-electron chi connectivity index (χ2n) is 6.61. The summed E-state index contributed by atoms with van der Waals surface area (Å²) in [7, 11) is 1.67. The van der Waals surface area contributed by atoms with Gasteiger partial charge in [-0.3, -0.25) is 0 Å². The first-order valence-electron chi connectivity index (χ1n) is 9.42. The molecular formula is C21H24N6O. The highest BCUT2D eigenvalue weighted by Gasteiger charge is 2.19. The van der Waals surface area contributed by atoms with Crippen molar-refractivity contribution in [1.82, 2.24) is 15.0 Å². The van der Waals surface area contributed by atoms with Gasteiger partial charge in [0.05, 0.1) is 7.11 Å². The van der Waals surface area contributed by atoms with E-state index in [-0.39, 0.29) is 0 Å². The molecular weight excluding hydrogens is 352 g/mol. The molecule has 0 aliphatic carbocycles. The van der Waals surface area contributed by atoms with E-state index < -0.39 is 0 Å². The molecule has 7 heteroatoms. The molecule has 7 nitrogen and oxygen atoms in total. The van der Waals surface area contributed by atoms with E-state index in [9.17, 15) is 0 Å². The number of hydrogen-bond acceptors (Lipinski definition) is 7. The summed E-state index contributed by atoms with van der Waals surface area (Å²) in [5, 5.41) is 3.37. The van der Waals surface area contributed by atoms with Crippen LogP contribution in [0.25, 0.3) is 0 Å². The van der Waals surface area contributed by atoms with Crippen molar-refractivity contribution in [2.45, 2.75) is 6.54 Å². The van der Waals surface area contributed by atoms with Crippen molar-refractivity contribution >= 4 is 17.6 Å². The fourth-order valence-electron chi connectivity index (χ4n) is 3.21. The molecule has 2 aromatic heterocycles. The second-order valence-corrected chi connectivity index (χ2v) is 6.61. The number of methoxy groups -OCH3 is 1. The van der Waals surface area contributed by atoms with Gasteiger partial charge in [-0.05, 0) is 35.9 Å². The maximum atomic E-state index is 5.20. The molecule has 0 amide bonds. The van der Waals surface area contributed by atoms with E-state index in [4.69, 9.17) is 4.74 Å². The molecule has 0 bridgehead atoms. The predicted octanol–water partition coefficient (Wildman–Crippen LogP) is 2.82. The van der Waals surface area contributed by atoms with Crippen molar-refractivity contribution in [3.8, 4) is 5.75 Å². The van der Waals surface area contributed by atoms with Crippen molar-refractivity contribution < 1.29 is 4.74 Å². The van der Waals surface area contributed by atoms with E-state index in [1.54, 1.807) is 7.11 Å². The van der Waals surface area contributed by atoms with Crippen molar-refractivity contribution in [2.75, 3.05) is 48.4 Å². The van der Waals surface area contributed by atoms with Gasteiger partial charge in [-0.1, -0.05) is 18.2 Å². The third-order valence-corrected chi connectivity index (χ3v) is 4.81. The molecule has 3 aromatic rings. The van der Waals surface area contributed by atoms with Crippen molar-refractivity contribution in [3.05, 3.63) is 66.5 Å². The normalized spacial score (nSPS) is 14.0. The summed E-state index contributed by atoms with van der Waals surface area (Å²) in [6.07, 6.45) is 3.65. The van der Waals surface area contributed by atoms with E-state index in [0.717, 1.165) is 49.5 Å². The first-order chi connectivity index (χ1) is 13.8.